The van der Waals surface area contributed by atoms with Gasteiger partial charge in [0.2, 0.25) is 6.23 Å². The third-order valence-corrected chi connectivity index (χ3v) is 3.28. The van der Waals surface area contributed by atoms with Crippen LogP contribution in [-0.2, 0) is 4.74 Å². The van der Waals surface area contributed by atoms with Gasteiger partial charge >= 0.3 is 5.97 Å². The van der Waals surface area contributed by atoms with Gasteiger partial charge in [0.1, 0.15) is 0 Å². The smallest absolute Gasteiger partial charge is 0.340 e. The molecule has 2 aromatic rings. The van der Waals surface area contributed by atoms with Crippen LogP contribution in [0.1, 0.15) is 39.4 Å². The zero-order valence-electron chi connectivity index (χ0n) is 10.9. The second kappa shape index (κ2) is 4.81. The van der Waals surface area contributed by atoms with Crippen LogP contribution in [0.4, 0.5) is 5.69 Å². The van der Waals surface area contributed by atoms with Crippen molar-refractivity contribution in [1.82, 2.24) is 0 Å². The molecule has 1 N–H and O–H groups in total. The summed E-state index contributed by atoms with van der Waals surface area (Å²) in [6, 6.07) is 14.4. The zero-order valence-corrected chi connectivity index (χ0v) is 10.9. The highest BCUT2D eigenvalue weighted by Gasteiger charge is 2.30. The number of Topliss-reactive ketones (excluding diaryl/α,β-unsaturated/α-hetero) is 1. The lowest BCUT2D eigenvalue weighted by Crippen LogP contribution is -2.10. The van der Waals surface area contributed by atoms with Gasteiger partial charge in [-0.05, 0) is 37.3 Å². The molecule has 1 aliphatic heterocycles. The maximum atomic E-state index is 11.7. The molecule has 4 nitrogen and oxygen atoms in total. The molecule has 1 aliphatic rings. The number of hydrogen-bond donors (Lipinski definition) is 1. The number of nitrogens with one attached hydrogen (secondary N) is 1. The van der Waals surface area contributed by atoms with Crippen LogP contribution in [0.25, 0.3) is 0 Å². The Morgan fingerprint density at radius 2 is 1.80 bits per heavy atom. The molecule has 0 aromatic heterocycles. The van der Waals surface area contributed by atoms with Crippen molar-refractivity contribution < 1.29 is 14.3 Å². The Morgan fingerprint density at radius 1 is 1.10 bits per heavy atom. The van der Waals surface area contributed by atoms with Crippen molar-refractivity contribution in [2.75, 3.05) is 5.32 Å². The number of benzene rings is 2. The van der Waals surface area contributed by atoms with E-state index in [2.05, 4.69) is 5.32 Å². The Bertz CT molecular complexity index is 676. The quantitative estimate of drug-likeness (QED) is 0.685. The van der Waals surface area contributed by atoms with E-state index >= 15 is 0 Å². The molecule has 0 fully saturated rings. The highest BCUT2D eigenvalue weighted by Crippen LogP contribution is 2.31. The Morgan fingerprint density at radius 3 is 2.50 bits per heavy atom. The second-order valence-electron chi connectivity index (χ2n) is 4.65. The molecule has 100 valence electrons. The molecule has 0 saturated heterocycles. The van der Waals surface area contributed by atoms with Gasteiger partial charge in [-0.15, -0.1) is 0 Å². The normalized spacial score (nSPS) is 16.4. The van der Waals surface area contributed by atoms with E-state index in [0.29, 0.717) is 11.1 Å². The monoisotopic (exact) mass is 267 g/mol. The predicted octanol–water partition coefficient (Wildman–Crippen LogP) is 3.17. The topological polar surface area (TPSA) is 55.4 Å². The standard InChI is InChI=1S/C16H13NO3/c1-10(18)11-6-8-12(9-7-11)17-15-13-4-2-3-5-14(13)16(19)20-15/h2-9,15,17H,1H3/t15-/m1/s1. The first-order valence-corrected chi connectivity index (χ1v) is 6.32. The number of esters is 1. The lowest BCUT2D eigenvalue weighted by atomic mass is 10.1. The molecule has 0 bridgehead atoms. The molecular formula is C16H13NO3. The van der Waals surface area contributed by atoms with Crippen molar-refractivity contribution in [1.29, 1.82) is 0 Å². The summed E-state index contributed by atoms with van der Waals surface area (Å²) in [6.45, 7) is 1.53. The van der Waals surface area contributed by atoms with E-state index in [4.69, 9.17) is 4.74 Å². The highest BCUT2D eigenvalue weighted by molar-refractivity contribution is 5.95. The molecule has 0 saturated carbocycles. The summed E-state index contributed by atoms with van der Waals surface area (Å²) in [4.78, 5) is 22.9. The van der Waals surface area contributed by atoms with Gasteiger partial charge in [-0.2, -0.15) is 0 Å². The Kier molecular flexibility index (Phi) is 2.99. The second-order valence-corrected chi connectivity index (χ2v) is 4.65. The molecule has 4 heteroatoms. The summed E-state index contributed by atoms with van der Waals surface area (Å²) in [5.41, 5.74) is 2.86. The van der Waals surface area contributed by atoms with Crippen molar-refractivity contribution in [3.63, 3.8) is 0 Å². The van der Waals surface area contributed by atoms with E-state index in [1.807, 2.05) is 18.2 Å². The fraction of sp³-hybridized carbons (Fsp3) is 0.125. The molecule has 20 heavy (non-hydrogen) atoms. The van der Waals surface area contributed by atoms with Gasteiger partial charge in [0.15, 0.2) is 5.78 Å². The molecule has 1 heterocycles. The van der Waals surface area contributed by atoms with E-state index < -0.39 is 6.23 Å². The Labute approximate surface area is 116 Å². The van der Waals surface area contributed by atoms with Gasteiger partial charge in [0, 0.05) is 16.8 Å². The average Bonchev–Trinajstić information content (AvgIpc) is 2.77. The highest BCUT2D eigenvalue weighted by atomic mass is 16.6. The van der Waals surface area contributed by atoms with Gasteiger partial charge in [0.05, 0.1) is 5.56 Å². The minimum absolute atomic E-state index is 0.0224. The molecule has 0 unspecified atom stereocenters. The molecule has 0 radical (unpaired) electrons. The number of ether oxygens (including phenoxy) is 1. The number of hydrogen-bond acceptors (Lipinski definition) is 4. The Hall–Kier alpha value is -2.62. The van der Waals surface area contributed by atoms with Crippen LogP contribution in [0.2, 0.25) is 0 Å². The van der Waals surface area contributed by atoms with Crippen LogP contribution in [0.15, 0.2) is 48.5 Å². The summed E-state index contributed by atoms with van der Waals surface area (Å²) in [5, 5.41) is 3.14. The minimum atomic E-state index is -0.484. The third kappa shape index (κ3) is 2.16. The lowest BCUT2D eigenvalue weighted by Gasteiger charge is -2.14. The first-order chi connectivity index (χ1) is 9.65. The van der Waals surface area contributed by atoms with Gasteiger partial charge in [0.25, 0.3) is 0 Å². The number of fused-ring (bicyclic) bond motifs is 1. The van der Waals surface area contributed by atoms with Gasteiger partial charge in [-0.25, -0.2) is 4.79 Å². The van der Waals surface area contributed by atoms with E-state index in [1.54, 1.807) is 30.3 Å². The summed E-state index contributed by atoms with van der Waals surface area (Å²) >= 11 is 0. The molecular weight excluding hydrogens is 254 g/mol. The maximum Gasteiger partial charge on any atom is 0.340 e. The number of anilines is 1. The van der Waals surface area contributed by atoms with E-state index in [1.165, 1.54) is 6.92 Å². The van der Waals surface area contributed by atoms with Crippen LogP contribution in [-0.4, -0.2) is 11.8 Å². The number of cyclic esters (lactones) is 1. The number of rotatable bonds is 3. The van der Waals surface area contributed by atoms with E-state index in [9.17, 15) is 9.59 Å². The predicted molar refractivity (Wildman–Crippen MR) is 74.7 cm³/mol. The van der Waals surface area contributed by atoms with Crippen molar-refractivity contribution in [3.05, 3.63) is 65.2 Å². The zero-order chi connectivity index (χ0) is 14.1. The van der Waals surface area contributed by atoms with Crippen molar-refractivity contribution in [2.24, 2.45) is 0 Å². The van der Waals surface area contributed by atoms with Crippen LogP contribution in [0.5, 0.6) is 0 Å². The van der Waals surface area contributed by atoms with Crippen LogP contribution in [0, 0.1) is 0 Å². The fourth-order valence-electron chi connectivity index (χ4n) is 2.21. The van der Waals surface area contributed by atoms with Crippen molar-refractivity contribution >= 4 is 17.4 Å². The minimum Gasteiger partial charge on any atom is -0.434 e. The Balaban J connectivity index is 1.82. The number of ketones is 1. The molecule has 0 spiro atoms. The third-order valence-electron chi connectivity index (χ3n) is 3.28. The van der Waals surface area contributed by atoms with E-state index in [0.717, 1.165) is 11.3 Å². The summed E-state index contributed by atoms with van der Waals surface area (Å²) in [5.74, 6) is -0.298. The maximum absolute atomic E-state index is 11.7. The largest absolute Gasteiger partial charge is 0.434 e. The summed E-state index contributed by atoms with van der Waals surface area (Å²) < 4.78 is 5.30. The van der Waals surface area contributed by atoms with Crippen LogP contribution >= 0.6 is 0 Å². The first kappa shape index (κ1) is 12.4. The van der Waals surface area contributed by atoms with Crippen molar-refractivity contribution in [3.8, 4) is 0 Å². The molecule has 3 rings (SSSR count). The number of carbonyl (C=O) groups is 2. The van der Waals surface area contributed by atoms with Gasteiger partial charge in [-0.1, -0.05) is 18.2 Å². The molecule has 0 aliphatic carbocycles. The molecule has 1 atom stereocenters. The average molecular weight is 267 g/mol. The SMILES string of the molecule is CC(=O)c1ccc(N[C@@H]2OC(=O)c3ccccc32)cc1. The summed E-state index contributed by atoms with van der Waals surface area (Å²) in [6.07, 6.45) is -0.484. The fourth-order valence-corrected chi connectivity index (χ4v) is 2.21. The van der Waals surface area contributed by atoms with Crippen molar-refractivity contribution in [2.45, 2.75) is 13.2 Å². The number of carbonyl (C=O) groups excluding carboxylic acids is 2. The lowest BCUT2D eigenvalue weighted by molar-refractivity contribution is 0.0437. The van der Waals surface area contributed by atoms with E-state index in [-0.39, 0.29) is 11.8 Å². The van der Waals surface area contributed by atoms with Gasteiger partial charge < -0.3 is 10.1 Å². The van der Waals surface area contributed by atoms with Crippen LogP contribution in [0.3, 0.4) is 0 Å². The molecule has 2 aromatic carbocycles. The first-order valence-electron chi connectivity index (χ1n) is 6.32. The molecule has 0 amide bonds. The van der Waals surface area contributed by atoms with Crippen LogP contribution < -0.4 is 5.32 Å². The summed E-state index contributed by atoms with van der Waals surface area (Å²) in [7, 11) is 0. The van der Waals surface area contributed by atoms with Gasteiger partial charge in [-0.3, -0.25) is 4.79 Å².